The molecule has 0 aliphatic rings. The van der Waals surface area contributed by atoms with Crippen LogP contribution < -0.4 is 11.1 Å². The maximum absolute atomic E-state index is 12.8. The van der Waals surface area contributed by atoms with Crippen LogP contribution in [0.1, 0.15) is 24.5 Å². The van der Waals surface area contributed by atoms with Gasteiger partial charge in [-0.3, -0.25) is 4.21 Å². The molecule has 0 aliphatic heterocycles. The zero-order valence-corrected chi connectivity index (χ0v) is 13.3. The van der Waals surface area contributed by atoms with Gasteiger partial charge in [0.2, 0.25) is 0 Å². The highest BCUT2D eigenvalue weighted by Crippen LogP contribution is 2.33. The number of rotatable bonds is 6. The molecule has 0 saturated heterocycles. The number of alkyl halides is 3. The number of benzene rings is 1. The number of anilines is 1. The first-order valence-electron chi connectivity index (χ1n) is 6.19. The summed E-state index contributed by atoms with van der Waals surface area (Å²) in [6, 6.07) is 3.57. The van der Waals surface area contributed by atoms with E-state index < -0.39 is 22.5 Å². The highest BCUT2D eigenvalue weighted by Gasteiger charge is 2.34. The van der Waals surface area contributed by atoms with Crippen molar-refractivity contribution in [1.82, 2.24) is 0 Å². The second-order valence-electron chi connectivity index (χ2n) is 4.73. The summed E-state index contributed by atoms with van der Waals surface area (Å²) in [7, 11) is -0.901. The van der Waals surface area contributed by atoms with Gasteiger partial charge in [0.1, 0.15) is 4.99 Å². The van der Waals surface area contributed by atoms with E-state index in [-0.39, 0.29) is 16.6 Å². The van der Waals surface area contributed by atoms with Crippen LogP contribution in [-0.4, -0.2) is 27.2 Å². The van der Waals surface area contributed by atoms with Gasteiger partial charge in [0.25, 0.3) is 0 Å². The summed E-state index contributed by atoms with van der Waals surface area (Å²) in [5.41, 5.74) is 4.83. The van der Waals surface area contributed by atoms with E-state index in [9.17, 15) is 17.4 Å². The first kappa shape index (κ1) is 17.9. The molecule has 0 amide bonds. The SMILES string of the molecule is CC(CCS(C)=O)Nc1ccc(C(F)(F)F)c(C(N)=S)c1. The Morgan fingerprint density at radius 2 is 2.10 bits per heavy atom. The number of nitrogens with one attached hydrogen (secondary N) is 1. The minimum Gasteiger partial charge on any atom is -0.389 e. The van der Waals surface area contributed by atoms with Crippen molar-refractivity contribution in [1.29, 1.82) is 0 Å². The highest BCUT2D eigenvalue weighted by molar-refractivity contribution is 7.84. The second-order valence-corrected chi connectivity index (χ2v) is 6.73. The zero-order chi connectivity index (χ0) is 16.2. The summed E-state index contributed by atoms with van der Waals surface area (Å²) in [4.78, 5) is -0.298. The summed E-state index contributed by atoms with van der Waals surface area (Å²) in [6.45, 7) is 1.87. The zero-order valence-electron chi connectivity index (χ0n) is 11.7. The Labute approximate surface area is 129 Å². The van der Waals surface area contributed by atoms with E-state index in [2.05, 4.69) is 17.5 Å². The van der Waals surface area contributed by atoms with Gasteiger partial charge in [-0.05, 0) is 31.5 Å². The van der Waals surface area contributed by atoms with Crippen LogP contribution >= 0.6 is 12.2 Å². The molecule has 118 valence electrons. The molecule has 8 heteroatoms. The van der Waals surface area contributed by atoms with Gasteiger partial charge in [0.05, 0.1) is 5.56 Å². The largest absolute Gasteiger partial charge is 0.417 e. The van der Waals surface area contributed by atoms with E-state index in [1.165, 1.54) is 12.1 Å². The number of hydrogen-bond donors (Lipinski definition) is 2. The molecule has 0 bridgehead atoms. The van der Waals surface area contributed by atoms with Gasteiger partial charge in [-0.25, -0.2) is 0 Å². The molecular weight excluding hydrogens is 321 g/mol. The molecule has 1 aromatic rings. The molecule has 1 rings (SSSR count). The standard InChI is InChI=1S/C13H17F3N2OS2/c1-8(5-6-21(2)19)18-9-3-4-11(13(14,15)16)10(7-9)12(17)20/h3-4,7-8,18H,5-6H2,1-2H3,(H2,17,20). The lowest BCUT2D eigenvalue weighted by molar-refractivity contribution is -0.137. The van der Waals surface area contributed by atoms with Gasteiger partial charge in [0.15, 0.2) is 0 Å². The molecule has 0 saturated carbocycles. The van der Waals surface area contributed by atoms with Gasteiger partial charge >= 0.3 is 6.18 Å². The Morgan fingerprint density at radius 3 is 2.57 bits per heavy atom. The van der Waals surface area contributed by atoms with Crippen LogP contribution in [0.15, 0.2) is 18.2 Å². The monoisotopic (exact) mass is 338 g/mol. The van der Waals surface area contributed by atoms with Crippen LogP contribution in [0.25, 0.3) is 0 Å². The van der Waals surface area contributed by atoms with E-state index >= 15 is 0 Å². The van der Waals surface area contributed by atoms with Crippen LogP contribution in [0.2, 0.25) is 0 Å². The van der Waals surface area contributed by atoms with Crippen LogP contribution in [0.5, 0.6) is 0 Å². The van der Waals surface area contributed by atoms with E-state index in [0.29, 0.717) is 17.9 Å². The van der Waals surface area contributed by atoms with Crippen molar-refractivity contribution >= 4 is 33.7 Å². The molecule has 0 spiro atoms. The van der Waals surface area contributed by atoms with Crippen molar-refractivity contribution in [3.63, 3.8) is 0 Å². The van der Waals surface area contributed by atoms with Gasteiger partial charge in [-0.2, -0.15) is 13.2 Å². The molecule has 3 nitrogen and oxygen atoms in total. The third-order valence-electron chi connectivity index (χ3n) is 2.84. The molecule has 1 aromatic carbocycles. The summed E-state index contributed by atoms with van der Waals surface area (Å²) in [5.74, 6) is 0.525. The van der Waals surface area contributed by atoms with Crippen molar-refractivity contribution in [2.45, 2.75) is 25.6 Å². The Morgan fingerprint density at radius 1 is 1.48 bits per heavy atom. The van der Waals surface area contributed by atoms with Crippen molar-refractivity contribution in [3.8, 4) is 0 Å². The van der Waals surface area contributed by atoms with Crippen LogP contribution in [0.3, 0.4) is 0 Å². The number of thiocarbonyl (C=S) groups is 1. The molecule has 0 fully saturated rings. The lowest BCUT2D eigenvalue weighted by Gasteiger charge is -2.18. The fourth-order valence-electron chi connectivity index (χ4n) is 1.78. The molecule has 0 heterocycles. The smallest absolute Gasteiger partial charge is 0.389 e. The molecule has 0 aliphatic carbocycles. The van der Waals surface area contributed by atoms with Gasteiger partial charge in [-0.1, -0.05) is 12.2 Å². The average molecular weight is 338 g/mol. The van der Waals surface area contributed by atoms with E-state index in [4.69, 9.17) is 5.73 Å². The number of hydrogen-bond acceptors (Lipinski definition) is 3. The van der Waals surface area contributed by atoms with E-state index in [1.54, 1.807) is 6.26 Å². The molecule has 0 radical (unpaired) electrons. The Kier molecular flexibility index (Phi) is 6.15. The third kappa shape index (κ3) is 5.62. The predicted molar refractivity (Wildman–Crippen MR) is 84.0 cm³/mol. The van der Waals surface area contributed by atoms with E-state index in [0.717, 1.165) is 6.07 Å². The summed E-state index contributed by atoms with van der Waals surface area (Å²) in [5, 5.41) is 3.05. The highest BCUT2D eigenvalue weighted by atomic mass is 32.2. The fraction of sp³-hybridized carbons (Fsp3) is 0.462. The summed E-state index contributed by atoms with van der Waals surface area (Å²) >= 11 is 4.69. The van der Waals surface area contributed by atoms with Crippen molar-refractivity contribution in [2.75, 3.05) is 17.3 Å². The fourth-order valence-corrected chi connectivity index (χ4v) is 2.64. The Hall–Kier alpha value is -1.15. The average Bonchev–Trinajstić information content (AvgIpc) is 2.34. The molecule has 2 unspecified atom stereocenters. The normalized spacial score (nSPS) is 14.5. The second kappa shape index (κ2) is 7.22. The Bertz CT molecular complexity index is 547. The lowest BCUT2D eigenvalue weighted by Crippen LogP contribution is -2.21. The number of nitrogens with two attached hydrogens (primary N) is 1. The molecule has 2 atom stereocenters. The molecule has 0 aromatic heterocycles. The van der Waals surface area contributed by atoms with Gasteiger partial charge < -0.3 is 11.1 Å². The van der Waals surface area contributed by atoms with Crippen molar-refractivity contribution < 1.29 is 17.4 Å². The predicted octanol–water partition coefficient (Wildman–Crippen LogP) is 2.91. The minimum absolute atomic E-state index is 0.0233. The Balaban J connectivity index is 2.94. The maximum atomic E-state index is 12.8. The molecule has 21 heavy (non-hydrogen) atoms. The topological polar surface area (TPSA) is 55.1 Å². The van der Waals surface area contributed by atoms with Gasteiger partial charge in [-0.15, -0.1) is 0 Å². The quantitative estimate of drug-likeness (QED) is 0.783. The van der Waals surface area contributed by atoms with E-state index in [1.807, 2.05) is 6.92 Å². The number of halogens is 3. The van der Waals surface area contributed by atoms with Crippen LogP contribution in [0, 0.1) is 0 Å². The first-order chi connectivity index (χ1) is 9.61. The maximum Gasteiger partial charge on any atom is 0.417 e. The van der Waals surface area contributed by atoms with Crippen LogP contribution in [0.4, 0.5) is 18.9 Å². The lowest BCUT2D eigenvalue weighted by atomic mass is 10.1. The van der Waals surface area contributed by atoms with Crippen molar-refractivity contribution in [3.05, 3.63) is 29.3 Å². The van der Waals surface area contributed by atoms with Crippen LogP contribution in [-0.2, 0) is 17.0 Å². The summed E-state index contributed by atoms with van der Waals surface area (Å²) in [6.07, 6.45) is -2.25. The summed E-state index contributed by atoms with van der Waals surface area (Å²) < 4.78 is 49.6. The van der Waals surface area contributed by atoms with Crippen molar-refractivity contribution in [2.24, 2.45) is 5.73 Å². The first-order valence-corrected chi connectivity index (χ1v) is 8.32. The third-order valence-corrected chi connectivity index (χ3v) is 3.87. The molecule has 3 N–H and O–H groups in total. The molecular formula is C13H17F3N2OS2. The van der Waals surface area contributed by atoms with Gasteiger partial charge in [0, 0.05) is 40.1 Å². The minimum atomic E-state index is -4.50.